The van der Waals surface area contributed by atoms with Gasteiger partial charge in [-0.15, -0.1) is 0 Å². The van der Waals surface area contributed by atoms with Gasteiger partial charge in [0.15, 0.2) is 0 Å². The van der Waals surface area contributed by atoms with Crippen LogP contribution in [0, 0.1) is 0 Å². The Morgan fingerprint density at radius 2 is 1.76 bits per heavy atom. The van der Waals surface area contributed by atoms with E-state index in [-0.39, 0.29) is 24.4 Å². The average molecular weight is 536 g/mol. The molecule has 0 saturated carbocycles. The number of amides is 4. The number of likely N-dealkylation sites (tertiary alicyclic amines) is 1. The maximum Gasteiger partial charge on any atom is 0.322 e. The van der Waals surface area contributed by atoms with Gasteiger partial charge < -0.3 is 20.4 Å². The van der Waals surface area contributed by atoms with E-state index in [2.05, 4.69) is 15.5 Å². The lowest BCUT2D eigenvalue weighted by Crippen LogP contribution is -2.51. The summed E-state index contributed by atoms with van der Waals surface area (Å²) in [5.74, 6) is -0.414. The van der Waals surface area contributed by atoms with Crippen molar-refractivity contribution in [3.8, 4) is 0 Å². The summed E-state index contributed by atoms with van der Waals surface area (Å²) >= 11 is 6.08. The minimum absolute atomic E-state index is 0.177. The first-order chi connectivity index (χ1) is 18.4. The largest absolute Gasteiger partial charge is 0.353 e. The predicted molar refractivity (Wildman–Crippen MR) is 146 cm³/mol. The van der Waals surface area contributed by atoms with Crippen molar-refractivity contribution in [1.82, 2.24) is 25.3 Å². The monoisotopic (exact) mass is 535 g/mol. The third kappa shape index (κ3) is 5.56. The Bertz CT molecular complexity index is 1210. The number of nitrogens with zero attached hydrogens (tertiary/aromatic N) is 3. The van der Waals surface area contributed by atoms with E-state index in [1.54, 1.807) is 24.1 Å². The summed E-state index contributed by atoms with van der Waals surface area (Å²) in [4.78, 5) is 45.9. The van der Waals surface area contributed by atoms with Crippen LogP contribution in [0.5, 0.6) is 0 Å². The van der Waals surface area contributed by atoms with Gasteiger partial charge in [0.1, 0.15) is 6.04 Å². The van der Waals surface area contributed by atoms with Gasteiger partial charge in [-0.1, -0.05) is 60.5 Å². The lowest BCUT2D eigenvalue weighted by molar-refractivity contribution is -0.136. The van der Waals surface area contributed by atoms with Crippen molar-refractivity contribution in [3.63, 3.8) is 0 Å². The molecule has 9 heteroatoms. The van der Waals surface area contributed by atoms with Crippen molar-refractivity contribution in [2.75, 3.05) is 39.8 Å². The van der Waals surface area contributed by atoms with Crippen LogP contribution in [-0.4, -0.2) is 78.4 Å². The molecule has 0 aliphatic carbocycles. The zero-order chi connectivity index (χ0) is 26.6. The number of nitrogens with one attached hydrogen (secondary N) is 2. The number of piperidine rings is 1. The molecule has 2 atom stereocenters. The fourth-order valence-corrected chi connectivity index (χ4v) is 5.69. The number of benzene rings is 2. The van der Waals surface area contributed by atoms with Gasteiger partial charge in [-0.3, -0.25) is 14.5 Å². The molecule has 1 fully saturated rings. The van der Waals surface area contributed by atoms with Gasteiger partial charge in [-0.25, -0.2) is 4.79 Å². The number of halogens is 1. The first kappa shape index (κ1) is 26.3. The molecular formula is C29H34ClN5O3. The van der Waals surface area contributed by atoms with E-state index >= 15 is 0 Å². The van der Waals surface area contributed by atoms with Gasteiger partial charge in [-0.2, -0.15) is 0 Å². The summed E-state index contributed by atoms with van der Waals surface area (Å²) in [6.07, 6.45) is 4.04. The minimum Gasteiger partial charge on any atom is -0.353 e. The van der Waals surface area contributed by atoms with E-state index in [9.17, 15) is 14.4 Å². The van der Waals surface area contributed by atoms with Crippen LogP contribution >= 0.6 is 11.6 Å². The van der Waals surface area contributed by atoms with Gasteiger partial charge in [0.25, 0.3) is 5.91 Å². The summed E-state index contributed by atoms with van der Waals surface area (Å²) in [5.41, 5.74) is 2.86. The molecule has 3 aliphatic rings. The number of carbonyl (C=O) groups is 3. The molecule has 0 bridgehead atoms. The molecule has 3 aliphatic heterocycles. The Labute approximate surface area is 228 Å². The Hall–Kier alpha value is -3.36. The van der Waals surface area contributed by atoms with Gasteiger partial charge in [0.05, 0.1) is 23.9 Å². The van der Waals surface area contributed by atoms with Gasteiger partial charge in [0.2, 0.25) is 5.91 Å². The molecule has 0 spiro atoms. The zero-order valence-electron chi connectivity index (χ0n) is 21.7. The lowest BCUT2D eigenvalue weighted by atomic mass is 9.95. The van der Waals surface area contributed by atoms with E-state index in [0.29, 0.717) is 29.3 Å². The summed E-state index contributed by atoms with van der Waals surface area (Å²) in [6, 6.07) is 15.2. The molecule has 0 radical (unpaired) electrons. The van der Waals surface area contributed by atoms with Crippen LogP contribution in [0.1, 0.15) is 36.4 Å². The van der Waals surface area contributed by atoms with Crippen LogP contribution in [0.15, 0.2) is 65.9 Å². The van der Waals surface area contributed by atoms with Gasteiger partial charge in [-0.05, 0) is 49.2 Å². The maximum atomic E-state index is 14.0. The van der Waals surface area contributed by atoms with Gasteiger partial charge in [0, 0.05) is 31.6 Å². The highest BCUT2D eigenvalue weighted by Gasteiger charge is 2.46. The number of hydrogen-bond donors (Lipinski definition) is 2. The highest BCUT2D eigenvalue weighted by molar-refractivity contribution is 6.30. The van der Waals surface area contributed by atoms with Crippen LogP contribution in [0.2, 0.25) is 5.02 Å². The van der Waals surface area contributed by atoms with Crippen molar-refractivity contribution in [2.45, 2.75) is 37.8 Å². The second kappa shape index (κ2) is 11.6. The third-order valence-corrected chi connectivity index (χ3v) is 7.97. The zero-order valence-corrected chi connectivity index (χ0v) is 22.4. The number of hydrogen-bond acceptors (Lipinski definition) is 4. The Morgan fingerprint density at radius 1 is 1.05 bits per heavy atom. The lowest BCUT2D eigenvalue weighted by Gasteiger charge is -2.31. The predicted octanol–water partition coefficient (Wildman–Crippen LogP) is 3.35. The van der Waals surface area contributed by atoms with Crippen LogP contribution < -0.4 is 10.6 Å². The molecule has 2 N–H and O–H groups in total. The molecule has 4 amide bonds. The molecule has 8 nitrogen and oxygen atoms in total. The van der Waals surface area contributed by atoms with Crippen LogP contribution in [0.4, 0.5) is 4.79 Å². The van der Waals surface area contributed by atoms with Gasteiger partial charge >= 0.3 is 6.03 Å². The van der Waals surface area contributed by atoms with E-state index in [0.717, 1.165) is 30.8 Å². The van der Waals surface area contributed by atoms with E-state index in [1.165, 1.54) is 24.2 Å². The summed E-state index contributed by atoms with van der Waals surface area (Å²) in [6.45, 7) is 3.65. The summed E-state index contributed by atoms with van der Waals surface area (Å²) < 4.78 is 0. The molecule has 200 valence electrons. The SMILES string of the molecule is CN1C(=O)N[C@H](c2ccc(Cl)cc2)C2=C1CN([C@H](Cc1ccccc1)C(=O)NCCN1CCCCC1)C2=O. The Balaban J connectivity index is 1.38. The number of urea groups is 1. The van der Waals surface area contributed by atoms with Crippen molar-refractivity contribution < 1.29 is 14.4 Å². The topological polar surface area (TPSA) is 85.0 Å². The highest BCUT2D eigenvalue weighted by atomic mass is 35.5. The number of rotatable bonds is 8. The van der Waals surface area contributed by atoms with Crippen molar-refractivity contribution in [2.24, 2.45) is 0 Å². The molecule has 3 heterocycles. The molecular weight excluding hydrogens is 502 g/mol. The molecule has 0 aromatic heterocycles. The minimum atomic E-state index is -0.703. The maximum absolute atomic E-state index is 14.0. The molecule has 38 heavy (non-hydrogen) atoms. The van der Waals surface area contributed by atoms with E-state index in [1.807, 2.05) is 42.5 Å². The van der Waals surface area contributed by atoms with E-state index in [4.69, 9.17) is 11.6 Å². The molecule has 0 unspecified atom stereocenters. The van der Waals surface area contributed by atoms with E-state index < -0.39 is 12.1 Å². The summed E-state index contributed by atoms with van der Waals surface area (Å²) in [5, 5.41) is 6.61. The number of likely N-dealkylation sites (N-methyl/N-ethyl adjacent to an activating group) is 1. The van der Waals surface area contributed by atoms with Crippen LogP contribution in [0.25, 0.3) is 0 Å². The van der Waals surface area contributed by atoms with Crippen molar-refractivity contribution in [3.05, 3.63) is 82.0 Å². The number of carbonyl (C=O) groups excluding carboxylic acids is 3. The average Bonchev–Trinajstić information content (AvgIpc) is 3.28. The molecule has 1 saturated heterocycles. The highest BCUT2D eigenvalue weighted by Crippen LogP contribution is 2.37. The Kier molecular flexibility index (Phi) is 8.00. The summed E-state index contributed by atoms with van der Waals surface area (Å²) in [7, 11) is 1.66. The van der Waals surface area contributed by atoms with Crippen LogP contribution in [-0.2, 0) is 16.0 Å². The fraction of sp³-hybridized carbons (Fsp3) is 0.414. The normalized spacial score (nSPS) is 20.8. The second-order valence-electron chi connectivity index (χ2n) is 10.2. The van der Waals surface area contributed by atoms with Crippen LogP contribution in [0.3, 0.4) is 0 Å². The molecule has 5 rings (SSSR count). The molecule has 2 aromatic carbocycles. The standard InChI is InChI=1S/C29H34ClN5O3/c1-33-24-19-35(28(37)25(24)26(32-29(33)38)21-10-12-22(30)13-11-21)23(18-20-8-4-2-5-9-20)27(36)31-14-17-34-15-6-3-7-16-34/h2,4-5,8-13,23,26H,3,6-7,14-19H2,1H3,(H,31,36)(H,32,38)/t23-,26-/m1/s1. The molecule has 2 aromatic rings. The second-order valence-corrected chi connectivity index (χ2v) is 10.6. The first-order valence-corrected chi connectivity index (χ1v) is 13.7. The fourth-order valence-electron chi connectivity index (χ4n) is 5.57. The Morgan fingerprint density at radius 3 is 2.47 bits per heavy atom. The first-order valence-electron chi connectivity index (χ1n) is 13.3. The smallest absolute Gasteiger partial charge is 0.322 e. The third-order valence-electron chi connectivity index (χ3n) is 7.72. The van der Waals surface area contributed by atoms with Crippen molar-refractivity contribution in [1.29, 1.82) is 0 Å². The quantitative estimate of drug-likeness (QED) is 0.543. The van der Waals surface area contributed by atoms with Crippen molar-refractivity contribution >= 4 is 29.4 Å².